The van der Waals surface area contributed by atoms with E-state index in [2.05, 4.69) is 35.9 Å². The largest absolute Gasteiger partial charge is 0.205 e. The summed E-state index contributed by atoms with van der Waals surface area (Å²) in [6.07, 6.45) is 2.06. The van der Waals surface area contributed by atoms with Crippen molar-refractivity contribution in [2.24, 2.45) is 7.05 Å². The Balaban J connectivity index is 2.63. The zero-order valence-electron chi connectivity index (χ0n) is 10.5. The van der Waals surface area contributed by atoms with Crippen molar-refractivity contribution >= 4 is 21.5 Å². The highest BCUT2D eigenvalue weighted by molar-refractivity contribution is 6.07. The molecule has 1 heteroatoms. The van der Waals surface area contributed by atoms with Crippen LogP contribution in [0.5, 0.6) is 0 Å². The first kappa shape index (κ1) is 8.28. The quantitative estimate of drug-likeness (QED) is 0.396. The minimum atomic E-state index is 0.604. The van der Waals surface area contributed by atoms with Gasteiger partial charge in [-0.25, -0.2) is 4.57 Å². The molecular weight excluding hydrogens is 194 g/mol. The van der Waals surface area contributed by atoms with Crippen molar-refractivity contribution in [2.45, 2.75) is 6.92 Å². The van der Waals surface area contributed by atoms with Crippen LogP contribution in [0.4, 0.5) is 0 Å². The summed E-state index contributed by atoms with van der Waals surface area (Å²) in [5, 5.41) is 4.58. The van der Waals surface area contributed by atoms with Gasteiger partial charge in [0.15, 0.2) is 11.9 Å². The molecule has 2 aromatic carbocycles. The molecule has 1 heterocycles. The molecule has 3 aromatic rings. The van der Waals surface area contributed by atoms with Crippen molar-refractivity contribution in [3.8, 4) is 0 Å². The maximum atomic E-state index is 8.17. The lowest BCUT2D eigenvalue weighted by atomic mass is 10.0. The van der Waals surface area contributed by atoms with E-state index in [4.69, 9.17) is 1.37 Å². The SMILES string of the molecule is [3H]c1cc2ccccc2c2cc[n+](C)c(C)c12. The molecule has 0 atom stereocenters. The summed E-state index contributed by atoms with van der Waals surface area (Å²) in [5.41, 5.74) is 1.14. The standard InChI is InChI=1S/C15H14N/c1-11-13-8-7-12-5-3-4-6-14(12)15(13)9-10-16(11)2/h3-10H,1-2H3/q+1/i8T. The summed E-state index contributed by atoms with van der Waals surface area (Å²) >= 11 is 0. The molecule has 78 valence electrons. The van der Waals surface area contributed by atoms with Crippen LogP contribution in [0.2, 0.25) is 0 Å². The average molecular weight is 210 g/mol. The first-order valence-electron chi connectivity index (χ1n) is 5.96. The number of pyridine rings is 1. The normalized spacial score (nSPS) is 12.0. The molecule has 0 aliphatic rings. The number of aryl methyl sites for hydroxylation is 2. The fourth-order valence-electron chi connectivity index (χ4n) is 2.18. The van der Waals surface area contributed by atoms with Gasteiger partial charge in [-0.15, -0.1) is 0 Å². The monoisotopic (exact) mass is 210 g/mol. The van der Waals surface area contributed by atoms with E-state index in [1.54, 1.807) is 0 Å². The molecule has 1 nitrogen and oxygen atoms in total. The number of hydrogen-bond acceptors (Lipinski definition) is 0. The van der Waals surface area contributed by atoms with Crippen molar-refractivity contribution < 1.29 is 5.94 Å². The number of aromatic nitrogens is 1. The number of fused-ring (bicyclic) bond motifs is 3. The molecule has 0 saturated heterocycles. The summed E-state index contributed by atoms with van der Waals surface area (Å²) in [7, 11) is 2.02. The lowest BCUT2D eigenvalue weighted by Gasteiger charge is -2.04. The van der Waals surface area contributed by atoms with Crippen LogP contribution in [-0.2, 0) is 7.05 Å². The van der Waals surface area contributed by atoms with Gasteiger partial charge in [0.05, 0.1) is 1.37 Å². The van der Waals surface area contributed by atoms with Gasteiger partial charge in [-0.1, -0.05) is 30.3 Å². The smallest absolute Gasteiger partial charge is 0.185 e. The van der Waals surface area contributed by atoms with Crippen LogP contribution >= 0.6 is 0 Å². The van der Waals surface area contributed by atoms with Crippen LogP contribution in [-0.4, -0.2) is 0 Å². The average Bonchev–Trinajstić information content (AvgIpc) is 2.33. The van der Waals surface area contributed by atoms with E-state index >= 15 is 0 Å². The third kappa shape index (κ3) is 1.21. The van der Waals surface area contributed by atoms with Gasteiger partial charge >= 0.3 is 0 Å². The van der Waals surface area contributed by atoms with Gasteiger partial charge in [-0.2, -0.15) is 0 Å². The highest BCUT2D eigenvalue weighted by Crippen LogP contribution is 2.25. The third-order valence-corrected chi connectivity index (χ3v) is 3.25. The zero-order chi connectivity index (χ0) is 12.0. The van der Waals surface area contributed by atoms with Crippen molar-refractivity contribution in [3.05, 3.63) is 54.3 Å². The summed E-state index contributed by atoms with van der Waals surface area (Å²) in [4.78, 5) is 0. The van der Waals surface area contributed by atoms with Crippen LogP contribution in [0, 0.1) is 6.92 Å². The molecule has 0 radical (unpaired) electrons. The highest BCUT2D eigenvalue weighted by atomic mass is 14.9. The van der Waals surface area contributed by atoms with Crippen molar-refractivity contribution in [1.29, 1.82) is 0 Å². The first-order valence-corrected chi connectivity index (χ1v) is 5.46. The van der Waals surface area contributed by atoms with E-state index in [0.29, 0.717) is 6.04 Å². The van der Waals surface area contributed by atoms with Crippen LogP contribution in [0.1, 0.15) is 7.06 Å². The number of hydrogen-bond donors (Lipinski definition) is 0. The number of nitrogens with zero attached hydrogens (tertiary/aromatic N) is 1. The van der Waals surface area contributed by atoms with E-state index in [9.17, 15) is 0 Å². The Morgan fingerprint density at radius 1 is 1.00 bits per heavy atom. The van der Waals surface area contributed by atoms with Crippen LogP contribution in [0.15, 0.2) is 48.6 Å². The molecule has 3 rings (SSSR count). The van der Waals surface area contributed by atoms with Crippen LogP contribution in [0.25, 0.3) is 21.5 Å². The van der Waals surface area contributed by atoms with E-state index in [1.165, 1.54) is 10.8 Å². The van der Waals surface area contributed by atoms with Crippen molar-refractivity contribution in [2.75, 3.05) is 0 Å². The highest BCUT2D eigenvalue weighted by Gasteiger charge is 2.08. The maximum Gasteiger partial charge on any atom is 0.185 e. The molecule has 0 unspecified atom stereocenters. The lowest BCUT2D eigenvalue weighted by Crippen LogP contribution is -2.31. The Labute approximate surface area is 96.4 Å². The van der Waals surface area contributed by atoms with Gasteiger partial charge in [0.1, 0.15) is 7.05 Å². The van der Waals surface area contributed by atoms with Gasteiger partial charge in [-0.3, -0.25) is 0 Å². The Hall–Kier alpha value is -1.89. The minimum absolute atomic E-state index is 0.604. The predicted octanol–water partition coefficient (Wildman–Crippen LogP) is 3.13. The third-order valence-electron chi connectivity index (χ3n) is 3.25. The van der Waals surface area contributed by atoms with Crippen LogP contribution < -0.4 is 4.57 Å². The van der Waals surface area contributed by atoms with E-state index in [1.807, 2.05) is 25.2 Å². The minimum Gasteiger partial charge on any atom is -0.205 e. The molecule has 16 heavy (non-hydrogen) atoms. The van der Waals surface area contributed by atoms with Gasteiger partial charge in [0.25, 0.3) is 0 Å². The molecule has 0 spiro atoms. The molecule has 0 amide bonds. The molecule has 0 aliphatic carbocycles. The Morgan fingerprint density at radius 2 is 1.81 bits per heavy atom. The second kappa shape index (κ2) is 3.31. The zero-order valence-corrected chi connectivity index (χ0v) is 9.49. The van der Waals surface area contributed by atoms with Gasteiger partial charge in [0.2, 0.25) is 0 Å². The van der Waals surface area contributed by atoms with Gasteiger partial charge in [0, 0.05) is 23.8 Å². The molecule has 1 aromatic heterocycles. The molecule has 0 aliphatic heterocycles. The number of rotatable bonds is 0. The van der Waals surface area contributed by atoms with E-state index in [0.717, 1.165) is 16.5 Å². The van der Waals surface area contributed by atoms with Crippen molar-refractivity contribution in [3.63, 3.8) is 0 Å². The summed E-state index contributed by atoms with van der Waals surface area (Å²) in [6, 6.07) is 12.9. The molecular formula is C15H14N+. The number of benzene rings is 2. The fourth-order valence-corrected chi connectivity index (χ4v) is 2.18. The summed E-state index contributed by atoms with van der Waals surface area (Å²) in [5.74, 6) is 0. The topological polar surface area (TPSA) is 3.88 Å². The molecule has 0 N–H and O–H groups in total. The Morgan fingerprint density at radius 3 is 2.69 bits per heavy atom. The summed E-state index contributed by atoms with van der Waals surface area (Å²) < 4.78 is 10.2. The Bertz CT molecular complexity index is 732. The second-order valence-electron chi connectivity index (χ2n) is 4.18. The van der Waals surface area contributed by atoms with E-state index < -0.39 is 0 Å². The summed E-state index contributed by atoms with van der Waals surface area (Å²) in [6.45, 7) is 2.06. The Kier molecular flexibility index (Phi) is 1.71. The molecule has 0 saturated carbocycles. The molecule has 0 fully saturated rings. The van der Waals surface area contributed by atoms with E-state index in [-0.39, 0.29) is 0 Å². The van der Waals surface area contributed by atoms with Gasteiger partial charge in [-0.05, 0) is 16.8 Å². The molecule has 0 bridgehead atoms. The lowest BCUT2D eigenvalue weighted by molar-refractivity contribution is -0.676. The first-order chi connectivity index (χ1) is 8.18. The predicted molar refractivity (Wildman–Crippen MR) is 67.4 cm³/mol. The van der Waals surface area contributed by atoms with Crippen molar-refractivity contribution in [1.82, 2.24) is 0 Å². The van der Waals surface area contributed by atoms with Gasteiger partial charge < -0.3 is 0 Å². The fraction of sp³-hybridized carbons (Fsp3) is 0.133. The van der Waals surface area contributed by atoms with Crippen LogP contribution in [0.3, 0.4) is 0 Å². The maximum absolute atomic E-state index is 8.17. The second-order valence-corrected chi connectivity index (χ2v) is 4.18.